The maximum atomic E-state index is 12.4. The number of amides is 1. The van der Waals surface area contributed by atoms with Gasteiger partial charge in [-0.25, -0.2) is 0 Å². The smallest absolute Gasteiger partial charge is 0.307 e. The largest absolute Gasteiger partial charge is 0.481 e. The lowest BCUT2D eigenvalue weighted by Crippen LogP contribution is -2.40. The zero-order chi connectivity index (χ0) is 15.4. The molecule has 0 aliphatic heterocycles. The zero-order valence-electron chi connectivity index (χ0n) is 12.0. The SMILES string of the molecule is CC(NC(=O)[C@@H]1CCCC[C@@H]1C(=O)O)c1ccc(Br)cc1. The van der Waals surface area contributed by atoms with Gasteiger partial charge in [-0.05, 0) is 37.5 Å². The molecular weight excluding hydrogens is 334 g/mol. The Morgan fingerprint density at radius 1 is 1.19 bits per heavy atom. The molecule has 1 aromatic rings. The number of hydrogen-bond acceptors (Lipinski definition) is 2. The molecule has 114 valence electrons. The van der Waals surface area contributed by atoms with Crippen LogP contribution in [0.1, 0.15) is 44.2 Å². The van der Waals surface area contributed by atoms with E-state index in [9.17, 15) is 14.7 Å². The van der Waals surface area contributed by atoms with E-state index in [1.807, 2.05) is 31.2 Å². The van der Waals surface area contributed by atoms with Crippen molar-refractivity contribution in [2.24, 2.45) is 11.8 Å². The van der Waals surface area contributed by atoms with Crippen LogP contribution in [0.25, 0.3) is 0 Å². The number of benzene rings is 1. The van der Waals surface area contributed by atoms with Gasteiger partial charge in [-0.3, -0.25) is 9.59 Å². The summed E-state index contributed by atoms with van der Waals surface area (Å²) in [7, 11) is 0. The first kappa shape index (κ1) is 16.0. The van der Waals surface area contributed by atoms with Gasteiger partial charge < -0.3 is 10.4 Å². The molecule has 0 bridgehead atoms. The van der Waals surface area contributed by atoms with Gasteiger partial charge in [0, 0.05) is 4.47 Å². The second kappa shape index (κ2) is 7.07. The number of nitrogens with one attached hydrogen (secondary N) is 1. The van der Waals surface area contributed by atoms with Gasteiger partial charge in [0.05, 0.1) is 17.9 Å². The van der Waals surface area contributed by atoms with E-state index in [0.29, 0.717) is 12.8 Å². The van der Waals surface area contributed by atoms with E-state index in [1.54, 1.807) is 0 Å². The molecule has 2 N–H and O–H groups in total. The van der Waals surface area contributed by atoms with Crippen molar-refractivity contribution < 1.29 is 14.7 Å². The second-order valence-corrected chi connectivity index (χ2v) is 6.53. The molecule has 1 aromatic carbocycles. The Hall–Kier alpha value is -1.36. The summed E-state index contributed by atoms with van der Waals surface area (Å²) >= 11 is 3.38. The first-order valence-corrected chi connectivity index (χ1v) is 8.07. The van der Waals surface area contributed by atoms with E-state index in [2.05, 4.69) is 21.2 Å². The van der Waals surface area contributed by atoms with Crippen LogP contribution >= 0.6 is 15.9 Å². The lowest BCUT2D eigenvalue weighted by Gasteiger charge is -2.28. The monoisotopic (exact) mass is 353 g/mol. The van der Waals surface area contributed by atoms with Gasteiger partial charge in [0.15, 0.2) is 0 Å². The van der Waals surface area contributed by atoms with Crippen molar-refractivity contribution in [3.63, 3.8) is 0 Å². The number of halogens is 1. The first-order chi connectivity index (χ1) is 9.99. The van der Waals surface area contributed by atoms with Crippen LogP contribution < -0.4 is 5.32 Å². The van der Waals surface area contributed by atoms with Crippen LogP contribution in [0.3, 0.4) is 0 Å². The highest BCUT2D eigenvalue weighted by atomic mass is 79.9. The minimum absolute atomic E-state index is 0.123. The molecule has 0 heterocycles. The van der Waals surface area contributed by atoms with Gasteiger partial charge in [-0.1, -0.05) is 40.9 Å². The molecule has 1 aliphatic rings. The van der Waals surface area contributed by atoms with Gasteiger partial charge in [-0.2, -0.15) is 0 Å². The molecule has 1 aliphatic carbocycles. The normalized spacial score (nSPS) is 23.3. The molecule has 1 amide bonds. The third-order valence-electron chi connectivity index (χ3n) is 4.15. The standard InChI is InChI=1S/C16H20BrNO3/c1-10(11-6-8-12(17)9-7-11)18-15(19)13-4-2-3-5-14(13)16(20)21/h6-10,13-14H,2-5H2,1H3,(H,18,19)(H,20,21)/t10?,13-,14+/m1/s1. The minimum atomic E-state index is -0.855. The van der Waals surface area contributed by atoms with Crippen LogP contribution in [-0.2, 0) is 9.59 Å². The molecule has 1 unspecified atom stereocenters. The van der Waals surface area contributed by atoms with Crippen LogP contribution in [0.2, 0.25) is 0 Å². The Bertz CT molecular complexity index is 515. The average Bonchev–Trinajstić information content (AvgIpc) is 2.47. The number of carbonyl (C=O) groups excluding carboxylic acids is 1. The van der Waals surface area contributed by atoms with Crippen molar-refractivity contribution in [2.45, 2.75) is 38.6 Å². The van der Waals surface area contributed by atoms with Gasteiger partial charge in [0.1, 0.15) is 0 Å². The van der Waals surface area contributed by atoms with Gasteiger partial charge in [0.25, 0.3) is 0 Å². The number of hydrogen-bond donors (Lipinski definition) is 2. The number of carboxylic acid groups (broad SMARTS) is 1. The van der Waals surface area contributed by atoms with E-state index in [4.69, 9.17) is 0 Å². The Morgan fingerprint density at radius 2 is 1.76 bits per heavy atom. The highest BCUT2D eigenvalue weighted by Gasteiger charge is 2.36. The number of aliphatic carboxylic acids is 1. The van der Waals surface area contributed by atoms with Crippen molar-refractivity contribution in [3.8, 4) is 0 Å². The molecule has 0 aromatic heterocycles. The summed E-state index contributed by atoms with van der Waals surface area (Å²) in [6, 6.07) is 7.63. The highest BCUT2D eigenvalue weighted by Crippen LogP contribution is 2.31. The van der Waals surface area contributed by atoms with Crippen molar-refractivity contribution in [3.05, 3.63) is 34.3 Å². The molecule has 0 saturated heterocycles. The fourth-order valence-corrected chi connectivity index (χ4v) is 3.16. The molecule has 2 rings (SSSR count). The van der Waals surface area contributed by atoms with Crippen molar-refractivity contribution in [2.75, 3.05) is 0 Å². The van der Waals surface area contributed by atoms with Gasteiger partial charge >= 0.3 is 5.97 Å². The third kappa shape index (κ3) is 4.06. The molecule has 1 fully saturated rings. The molecule has 4 nitrogen and oxygen atoms in total. The van der Waals surface area contributed by atoms with Crippen LogP contribution in [0.5, 0.6) is 0 Å². The zero-order valence-corrected chi connectivity index (χ0v) is 13.6. The Morgan fingerprint density at radius 3 is 2.33 bits per heavy atom. The topological polar surface area (TPSA) is 66.4 Å². The van der Waals surface area contributed by atoms with Crippen molar-refractivity contribution in [1.82, 2.24) is 5.32 Å². The van der Waals surface area contributed by atoms with Crippen LogP contribution in [-0.4, -0.2) is 17.0 Å². The van der Waals surface area contributed by atoms with Crippen LogP contribution in [0, 0.1) is 11.8 Å². The Kier molecular flexibility index (Phi) is 5.39. The summed E-state index contributed by atoms with van der Waals surface area (Å²) in [4.78, 5) is 23.7. The third-order valence-corrected chi connectivity index (χ3v) is 4.68. The number of carboxylic acids is 1. The minimum Gasteiger partial charge on any atom is -0.481 e. The lowest BCUT2D eigenvalue weighted by molar-refractivity contribution is -0.149. The summed E-state index contributed by atoms with van der Waals surface area (Å²) in [5.74, 6) is -1.95. The van der Waals surface area contributed by atoms with Gasteiger partial charge in [0.2, 0.25) is 5.91 Å². The molecule has 1 saturated carbocycles. The average molecular weight is 354 g/mol. The second-order valence-electron chi connectivity index (χ2n) is 5.62. The molecule has 3 atom stereocenters. The Balaban J connectivity index is 2.02. The molecule has 5 heteroatoms. The summed E-state index contributed by atoms with van der Waals surface area (Å²) in [6.07, 6.45) is 3.08. The first-order valence-electron chi connectivity index (χ1n) is 7.27. The summed E-state index contributed by atoms with van der Waals surface area (Å²) < 4.78 is 0.989. The van der Waals surface area contributed by atoms with Crippen molar-refractivity contribution >= 4 is 27.8 Å². The molecule has 21 heavy (non-hydrogen) atoms. The fourth-order valence-electron chi connectivity index (χ4n) is 2.90. The van der Waals surface area contributed by atoms with E-state index < -0.39 is 17.8 Å². The quantitative estimate of drug-likeness (QED) is 0.870. The van der Waals surface area contributed by atoms with Gasteiger partial charge in [-0.15, -0.1) is 0 Å². The van der Waals surface area contributed by atoms with E-state index >= 15 is 0 Å². The number of rotatable bonds is 4. The molecule has 0 radical (unpaired) electrons. The highest BCUT2D eigenvalue weighted by molar-refractivity contribution is 9.10. The van der Waals surface area contributed by atoms with Crippen LogP contribution in [0.4, 0.5) is 0 Å². The van der Waals surface area contributed by atoms with E-state index in [0.717, 1.165) is 22.9 Å². The van der Waals surface area contributed by atoms with E-state index in [-0.39, 0.29) is 11.9 Å². The molecule has 0 spiro atoms. The predicted octanol–water partition coefficient (Wildman–Crippen LogP) is 3.52. The van der Waals surface area contributed by atoms with Crippen LogP contribution in [0.15, 0.2) is 28.7 Å². The molecular formula is C16H20BrNO3. The van der Waals surface area contributed by atoms with E-state index in [1.165, 1.54) is 0 Å². The maximum absolute atomic E-state index is 12.4. The summed E-state index contributed by atoms with van der Waals surface area (Å²) in [5.41, 5.74) is 1.01. The lowest BCUT2D eigenvalue weighted by atomic mass is 9.78. The maximum Gasteiger partial charge on any atom is 0.307 e. The van der Waals surface area contributed by atoms with Crippen molar-refractivity contribution in [1.29, 1.82) is 0 Å². The summed E-state index contributed by atoms with van der Waals surface area (Å²) in [5, 5.41) is 12.2. The Labute approximate surface area is 133 Å². The fraction of sp³-hybridized carbons (Fsp3) is 0.500. The number of carbonyl (C=O) groups is 2. The summed E-state index contributed by atoms with van der Waals surface area (Å²) in [6.45, 7) is 1.92. The predicted molar refractivity (Wildman–Crippen MR) is 83.8 cm³/mol.